The van der Waals surface area contributed by atoms with Gasteiger partial charge in [-0.15, -0.1) is 0 Å². The molecular formula is C21H20F3N3O2S. The lowest BCUT2D eigenvalue weighted by molar-refractivity contribution is -0.137. The van der Waals surface area contributed by atoms with Gasteiger partial charge in [-0.2, -0.15) is 18.4 Å². The minimum absolute atomic E-state index is 0.261. The highest BCUT2D eigenvalue weighted by Crippen LogP contribution is 2.38. The number of alkyl halides is 3. The van der Waals surface area contributed by atoms with Crippen LogP contribution in [-0.2, 0) is 22.7 Å². The molecular weight excluding hydrogens is 415 g/mol. The van der Waals surface area contributed by atoms with E-state index >= 15 is 0 Å². The monoisotopic (exact) mass is 435 g/mol. The summed E-state index contributed by atoms with van der Waals surface area (Å²) in [7, 11) is -3.44. The van der Waals surface area contributed by atoms with Gasteiger partial charge in [0.05, 0.1) is 34.3 Å². The van der Waals surface area contributed by atoms with Crippen LogP contribution < -0.4 is 4.31 Å². The smallest absolute Gasteiger partial charge is 0.340 e. The molecule has 2 aromatic carbocycles. The molecule has 3 aromatic rings. The summed E-state index contributed by atoms with van der Waals surface area (Å²) in [6.07, 6.45) is -3.37. The molecule has 5 nitrogen and oxygen atoms in total. The number of hydrogen-bond donors (Lipinski definition) is 0. The summed E-state index contributed by atoms with van der Waals surface area (Å²) in [6.45, 7) is 4.13. The molecule has 0 aliphatic heterocycles. The van der Waals surface area contributed by atoms with Crippen LogP contribution in [0, 0.1) is 11.3 Å². The van der Waals surface area contributed by atoms with E-state index < -0.39 is 21.8 Å². The molecule has 0 saturated carbocycles. The number of hydrogen-bond acceptors (Lipinski definition) is 3. The van der Waals surface area contributed by atoms with Gasteiger partial charge in [0.25, 0.3) is 0 Å². The zero-order valence-electron chi connectivity index (χ0n) is 16.7. The van der Waals surface area contributed by atoms with E-state index in [4.69, 9.17) is 0 Å². The fraction of sp³-hybridized carbons (Fsp3) is 0.286. The van der Waals surface area contributed by atoms with Gasteiger partial charge >= 0.3 is 6.18 Å². The zero-order valence-corrected chi connectivity index (χ0v) is 17.5. The SMILES string of the molecule is CCN(c1ccc(-c2c(C#N)c3ccc(C(F)(F)F)cc3n2CC)cc1)S(C)(=O)=O. The van der Waals surface area contributed by atoms with E-state index in [2.05, 4.69) is 6.07 Å². The van der Waals surface area contributed by atoms with E-state index in [1.807, 2.05) is 0 Å². The molecule has 1 heterocycles. The lowest BCUT2D eigenvalue weighted by Gasteiger charge is -2.20. The number of aryl methyl sites for hydroxylation is 1. The Balaban J connectivity index is 2.22. The molecule has 1 aromatic heterocycles. The Morgan fingerprint density at radius 3 is 2.20 bits per heavy atom. The van der Waals surface area contributed by atoms with Crippen LogP contribution in [0.2, 0.25) is 0 Å². The van der Waals surface area contributed by atoms with E-state index in [1.165, 1.54) is 10.4 Å². The van der Waals surface area contributed by atoms with Crippen molar-refractivity contribution in [3.63, 3.8) is 0 Å². The molecule has 0 spiro atoms. The van der Waals surface area contributed by atoms with Gasteiger partial charge in [0.2, 0.25) is 10.0 Å². The Morgan fingerprint density at radius 1 is 1.10 bits per heavy atom. The van der Waals surface area contributed by atoms with Crippen molar-refractivity contribution in [1.29, 1.82) is 5.26 Å². The summed E-state index contributed by atoms with van der Waals surface area (Å²) in [5, 5.41) is 10.2. The molecule has 0 bridgehead atoms. The maximum atomic E-state index is 13.2. The van der Waals surface area contributed by atoms with Crippen molar-refractivity contribution in [2.24, 2.45) is 0 Å². The van der Waals surface area contributed by atoms with E-state index in [0.717, 1.165) is 18.4 Å². The Hall–Kier alpha value is -2.99. The van der Waals surface area contributed by atoms with E-state index in [1.54, 1.807) is 42.7 Å². The van der Waals surface area contributed by atoms with Gasteiger partial charge in [0.15, 0.2) is 0 Å². The molecule has 9 heteroatoms. The highest BCUT2D eigenvalue weighted by atomic mass is 32.2. The number of fused-ring (bicyclic) bond motifs is 1. The molecule has 0 unspecified atom stereocenters. The van der Waals surface area contributed by atoms with Crippen LogP contribution in [0.4, 0.5) is 18.9 Å². The van der Waals surface area contributed by atoms with Crippen LogP contribution in [-0.4, -0.2) is 25.8 Å². The van der Waals surface area contributed by atoms with Crippen LogP contribution >= 0.6 is 0 Å². The highest BCUT2D eigenvalue weighted by Gasteiger charge is 2.31. The first-order valence-electron chi connectivity index (χ1n) is 9.24. The van der Waals surface area contributed by atoms with Crippen LogP contribution in [0.15, 0.2) is 42.5 Å². The molecule has 0 saturated heterocycles. The molecule has 0 amide bonds. The van der Waals surface area contributed by atoms with Gasteiger partial charge in [-0.3, -0.25) is 4.31 Å². The number of rotatable bonds is 5. The maximum Gasteiger partial charge on any atom is 0.416 e. The van der Waals surface area contributed by atoms with Gasteiger partial charge in [-0.1, -0.05) is 18.2 Å². The number of halogens is 3. The molecule has 158 valence electrons. The van der Waals surface area contributed by atoms with Crippen molar-refractivity contribution in [3.05, 3.63) is 53.6 Å². The van der Waals surface area contributed by atoms with Crippen LogP contribution in [0.1, 0.15) is 25.0 Å². The van der Waals surface area contributed by atoms with E-state index in [-0.39, 0.29) is 12.1 Å². The van der Waals surface area contributed by atoms with Gasteiger partial charge < -0.3 is 4.57 Å². The van der Waals surface area contributed by atoms with Crippen molar-refractivity contribution in [3.8, 4) is 17.3 Å². The van der Waals surface area contributed by atoms with Crippen LogP contribution in [0.5, 0.6) is 0 Å². The molecule has 0 N–H and O–H groups in total. The Morgan fingerprint density at radius 2 is 1.73 bits per heavy atom. The molecule has 0 fully saturated rings. The third kappa shape index (κ3) is 3.75. The molecule has 30 heavy (non-hydrogen) atoms. The highest BCUT2D eigenvalue weighted by molar-refractivity contribution is 7.92. The summed E-state index contributed by atoms with van der Waals surface area (Å²) in [6, 6.07) is 12.1. The quantitative estimate of drug-likeness (QED) is 0.566. The second kappa shape index (κ2) is 7.69. The first-order chi connectivity index (χ1) is 14.0. The predicted molar refractivity (Wildman–Crippen MR) is 111 cm³/mol. The molecule has 0 atom stereocenters. The molecule has 0 aliphatic carbocycles. The van der Waals surface area contributed by atoms with E-state index in [0.29, 0.717) is 34.4 Å². The Bertz CT molecular complexity index is 1240. The van der Waals surface area contributed by atoms with Crippen LogP contribution in [0.3, 0.4) is 0 Å². The van der Waals surface area contributed by atoms with Gasteiger partial charge in [-0.05, 0) is 43.7 Å². The van der Waals surface area contributed by atoms with E-state index in [9.17, 15) is 26.9 Å². The third-order valence-electron chi connectivity index (χ3n) is 4.94. The normalized spacial score (nSPS) is 12.2. The summed E-state index contributed by atoms with van der Waals surface area (Å²) in [5.41, 5.74) is 1.42. The lowest BCUT2D eigenvalue weighted by Crippen LogP contribution is -2.29. The topological polar surface area (TPSA) is 66.1 Å². The Kier molecular flexibility index (Phi) is 5.56. The van der Waals surface area contributed by atoms with Gasteiger partial charge in [-0.25, -0.2) is 8.42 Å². The molecule has 0 aliphatic rings. The Labute approximate surface area is 173 Å². The fourth-order valence-electron chi connectivity index (χ4n) is 3.66. The summed E-state index contributed by atoms with van der Waals surface area (Å²) >= 11 is 0. The molecule has 3 rings (SSSR count). The minimum Gasteiger partial charge on any atom is -0.340 e. The van der Waals surface area contributed by atoms with Crippen molar-refractivity contribution >= 4 is 26.6 Å². The maximum absolute atomic E-state index is 13.2. The largest absolute Gasteiger partial charge is 0.416 e. The van der Waals surface area contributed by atoms with Crippen molar-refractivity contribution in [2.45, 2.75) is 26.6 Å². The second-order valence-corrected chi connectivity index (χ2v) is 8.69. The van der Waals surface area contributed by atoms with Crippen LogP contribution in [0.25, 0.3) is 22.2 Å². The summed E-state index contributed by atoms with van der Waals surface area (Å²) in [4.78, 5) is 0. The number of nitrogens with zero attached hydrogens (tertiary/aromatic N) is 3. The number of nitriles is 1. The average molecular weight is 435 g/mol. The minimum atomic E-state index is -4.49. The number of aromatic nitrogens is 1. The van der Waals surface area contributed by atoms with Crippen molar-refractivity contribution < 1.29 is 21.6 Å². The van der Waals surface area contributed by atoms with Crippen molar-refractivity contribution in [2.75, 3.05) is 17.1 Å². The zero-order chi connectivity index (χ0) is 22.3. The third-order valence-corrected chi connectivity index (χ3v) is 6.21. The second-order valence-electron chi connectivity index (χ2n) is 6.78. The lowest BCUT2D eigenvalue weighted by atomic mass is 10.0. The number of anilines is 1. The van der Waals surface area contributed by atoms with Gasteiger partial charge in [0.1, 0.15) is 6.07 Å². The average Bonchev–Trinajstić information content (AvgIpc) is 3.00. The van der Waals surface area contributed by atoms with Crippen molar-refractivity contribution in [1.82, 2.24) is 4.57 Å². The standard InChI is InChI=1S/C21H20F3N3O2S/c1-4-26-19-12-15(21(22,23)24)8-11-17(19)18(13-25)20(26)14-6-9-16(10-7-14)27(5-2)30(3,28)29/h6-12H,4-5H2,1-3H3. The molecule has 0 radical (unpaired) electrons. The number of benzene rings is 2. The summed E-state index contributed by atoms with van der Waals surface area (Å²) < 4.78 is 66.3. The number of sulfonamides is 1. The predicted octanol–water partition coefficient (Wildman–Crippen LogP) is 5.00. The first kappa shape index (κ1) is 21.7. The summed E-state index contributed by atoms with van der Waals surface area (Å²) in [5.74, 6) is 0. The fourth-order valence-corrected chi connectivity index (χ4v) is 4.64. The first-order valence-corrected chi connectivity index (χ1v) is 11.1. The van der Waals surface area contributed by atoms with Gasteiger partial charge in [0, 0.05) is 18.5 Å².